The molecule has 1 heterocycles. The number of hydrogen-bond donors (Lipinski definition) is 2. The quantitative estimate of drug-likeness (QED) is 0.717. The second kappa shape index (κ2) is 4.52. The van der Waals surface area contributed by atoms with Crippen LogP contribution in [0.3, 0.4) is 0 Å². The third kappa shape index (κ3) is 2.53. The highest BCUT2D eigenvalue weighted by Crippen LogP contribution is 2.07. The Morgan fingerprint density at radius 3 is 3.08 bits per heavy atom. The third-order valence-electron chi connectivity index (χ3n) is 1.40. The van der Waals surface area contributed by atoms with Crippen molar-refractivity contribution in [3.05, 3.63) is 22.4 Å². The number of thiophene rings is 1. The molecule has 0 bridgehead atoms. The summed E-state index contributed by atoms with van der Waals surface area (Å²) in [5.41, 5.74) is 0. The molecule has 1 aromatic rings. The van der Waals surface area contributed by atoms with E-state index in [4.69, 9.17) is 0 Å². The molecule has 1 rings (SSSR count). The van der Waals surface area contributed by atoms with E-state index in [1.54, 1.807) is 0 Å². The van der Waals surface area contributed by atoms with Gasteiger partial charge in [-0.1, -0.05) is 6.07 Å². The molecule has 0 aromatic carbocycles. The zero-order valence-corrected chi connectivity index (χ0v) is 8.49. The van der Waals surface area contributed by atoms with Crippen molar-refractivity contribution in [3.63, 3.8) is 0 Å². The van der Waals surface area contributed by atoms with Crippen molar-refractivity contribution < 1.29 is 4.79 Å². The normalized spacial score (nSPS) is 12.5. The summed E-state index contributed by atoms with van der Waals surface area (Å²) in [7, 11) is 0. The molecular weight excluding hydrogens is 190 g/mol. The first-order chi connectivity index (χ1) is 5.74. The molecule has 0 spiro atoms. The summed E-state index contributed by atoms with van der Waals surface area (Å²) in [6, 6.07) is 3.80. The SMILES string of the molecule is CC(CS)NC(=O)c1cccs1. The van der Waals surface area contributed by atoms with Gasteiger partial charge in [-0.25, -0.2) is 0 Å². The zero-order chi connectivity index (χ0) is 8.97. The van der Waals surface area contributed by atoms with Gasteiger partial charge >= 0.3 is 0 Å². The van der Waals surface area contributed by atoms with Crippen LogP contribution in [0.5, 0.6) is 0 Å². The summed E-state index contributed by atoms with van der Waals surface area (Å²) in [5.74, 6) is 0.656. The van der Waals surface area contributed by atoms with Gasteiger partial charge in [0.15, 0.2) is 0 Å². The summed E-state index contributed by atoms with van der Waals surface area (Å²) < 4.78 is 0. The molecule has 0 saturated carbocycles. The molecule has 0 aliphatic carbocycles. The number of carbonyl (C=O) groups is 1. The summed E-state index contributed by atoms with van der Waals surface area (Å²) in [6.45, 7) is 1.93. The summed E-state index contributed by atoms with van der Waals surface area (Å²) >= 11 is 5.52. The Hall–Kier alpha value is -0.480. The standard InChI is InChI=1S/C8H11NOS2/c1-6(5-11)9-8(10)7-3-2-4-12-7/h2-4,6,11H,5H2,1H3,(H,9,10). The number of nitrogens with one attached hydrogen (secondary N) is 1. The average molecular weight is 201 g/mol. The van der Waals surface area contributed by atoms with Crippen LogP contribution in [0.4, 0.5) is 0 Å². The van der Waals surface area contributed by atoms with E-state index in [2.05, 4.69) is 17.9 Å². The van der Waals surface area contributed by atoms with Crippen LogP contribution in [0.15, 0.2) is 17.5 Å². The monoisotopic (exact) mass is 201 g/mol. The number of hydrogen-bond acceptors (Lipinski definition) is 3. The molecule has 1 amide bonds. The Labute approximate surface area is 81.4 Å². The zero-order valence-electron chi connectivity index (χ0n) is 6.78. The smallest absolute Gasteiger partial charge is 0.261 e. The van der Waals surface area contributed by atoms with Gasteiger partial charge < -0.3 is 5.32 Å². The molecular formula is C8H11NOS2. The Balaban J connectivity index is 2.50. The first-order valence-electron chi connectivity index (χ1n) is 3.69. The lowest BCUT2D eigenvalue weighted by Crippen LogP contribution is -2.33. The van der Waals surface area contributed by atoms with Crippen molar-refractivity contribution in [2.45, 2.75) is 13.0 Å². The van der Waals surface area contributed by atoms with Crippen LogP contribution >= 0.6 is 24.0 Å². The second-order valence-corrected chi connectivity index (χ2v) is 3.85. The van der Waals surface area contributed by atoms with Gasteiger partial charge in [-0.3, -0.25) is 4.79 Å². The minimum atomic E-state index is -0.00782. The van der Waals surface area contributed by atoms with Crippen molar-refractivity contribution in [1.82, 2.24) is 5.32 Å². The van der Waals surface area contributed by atoms with Gasteiger partial charge in [0.1, 0.15) is 0 Å². The molecule has 12 heavy (non-hydrogen) atoms. The van der Waals surface area contributed by atoms with Crippen molar-refractivity contribution in [1.29, 1.82) is 0 Å². The molecule has 66 valence electrons. The molecule has 2 nitrogen and oxygen atoms in total. The first kappa shape index (κ1) is 9.61. The molecule has 1 unspecified atom stereocenters. The van der Waals surface area contributed by atoms with Crippen LogP contribution in [0.25, 0.3) is 0 Å². The molecule has 0 fully saturated rings. The minimum Gasteiger partial charge on any atom is -0.348 e. The Bertz CT molecular complexity index is 246. The van der Waals surface area contributed by atoms with Crippen LogP contribution in [0.2, 0.25) is 0 Å². The van der Waals surface area contributed by atoms with E-state index in [-0.39, 0.29) is 11.9 Å². The van der Waals surface area contributed by atoms with Crippen molar-refractivity contribution >= 4 is 29.9 Å². The number of amides is 1. The number of rotatable bonds is 3. The largest absolute Gasteiger partial charge is 0.348 e. The maximum absolute atomic E-state index is 11.3. The lowest BCUT2D eigenvalue weighted by Gasteiger charge is -2.08. The summed E-state index contributed by atoms with van der Waals surface area (Å²) in [5, 5.41) is 4.72. The van der Waals surface area contributed by atoms with Crippen LogP contribution in [-0.4, -0.2) is 17.7 Å². The summed E-state index contributed by atoms with van der Waals surface area (Å²) in [4.78, 5) is 12.1. The van der Waals surface area contributed by atoms with Gasteiger partial charge in [0.05, 0.1) is 4.88 Å². The number of thiol groups is 1. The Morgan fingerprint density at radius 2 is 2.58 bits per heavy atom. The highest BCUT2D eigenvalue weighted by molar-refractivity contribution is 7.80. The Kier molecular flexibility index (Phi) is 3.62. The molecule has 1 atom stereocenters. The van der Waals surface area contributed by atoms with E-state index in [0.717, 1.165) is 4.88 Å². The van der Waals surface area contributed by atoms with Crippen LogP contribution in [0.1, 0.15) is 16.6 Å². The lowest BCUT2D eigenvalue weighted by atomic mass is 10.3. The predicted octanol–water partition coefficient (Wildman–Crippen LogP) is 1.80. The molecule has 0 saturated heterocycles. The fourth-order valence-corrected chi connectivity index (χ4v) is 1.47. The van der Waals surface area contributed by atoms with Crippen molar-refractivity contribution in [3.8, 4) is 0 Å². The van der Waals surface area contributed by atoms with Gasteiger partial charge in [-0.2, -0.15) is 12.6 Å². The van der Waals surface area contributed by atoms with E-state index in [1.807, 2.05) is 24.4 Å². The Morgan fingerprint density at radius 1 is 1.83 bits per heavy atom. The van der Waals surface area contributed by atoms with Crippen LogP contribution in [-0.2, 0) is 0 Å². The fraction of sp³-hybridized carbons (Fsp3) is 0.375. The predicted molar refractivity (Wildman–Crippen MR) is 55.1 cm³/mol. The maximum Gasteiger partial charge on any atom is 0.261 e. The van der Waals surface area contributed by atoms with E-state index in [0.29, 0.717) is 5.75 Å². The highest BCUT2D eigenvalue weighted by atomic mass is 32.1. The van der Waals surface area contributed by atoms with Crippen LogP contribution < -0.4 is 5.32 Å². The van der Waals surface area contributed by atoms with Gasteiger partial charge in [-0.15, -0.1) is 11.3 Å². The highest BCUT2D eigenvalue weighted by Gasteiger charge is 2.08. The van der Waals surface area contributed by atoms with Crippen molar-refractivity contribution in [2.24, 2.45) is 0 Å². The van der Waals surface area contributed by atoms with E-state index in [9.17, 15) is 4.79 Å². The molecule has 1 N–H and O–H groups in total. The van der Waals surface area contributed by atoms with E-state index in [1.165, 1.54) is 11.3 Å². The molecule has 0 aliphatic heterocycles. The summed E-state index contributed by atoms with van der Waals surface area (Å²) in [6.07, 6.45) is 0. The van der Waals surface area contributed by atoms with Crippen molar-refractivity contribution in [2.75, 3.05) is 5.75 Å². The third-order valence-corrected chi connectivity index (χ3v) is 2.81. The van der Waals surface area contributed by atoms with Gasteiger partial charge in [0.2, 0.25) is 0 Å². The topological polar surface area (TPSA) is 29.1 Å². The maximum atomic E-state index is 11.3. The molecule has 0 aliphatic rings. The first-order valence-corrected chi connectivity index (χ1v) is 5.20. The number of carbonyl (C=O) groups excluding carboxylic acids is 1. The molecule has 0 radical (unpaired) electrons. The second-order valence-electron chi connectivity index (χ2n) is 2.53. The van der Waals surface area contributed by atoms with E-state index >= 15 is 0 Å². The lowest BCUT2D eigenvalue weighted by molar-refractivity contribution is 0.0948. The van der Waals surface area contributed by atoms with Gasteiger partial charge in [-0.05, 0) is 18.4 Å². The molecule has 1 aromatic heterocycles. The minimum absolute atomic E-state index is 0.00782. The molecule has 4 heteroatoms. The van der Waals surface area contributed by atoms with E-state index < -0.39 is 0 Å². The van der Waals surface area contributed by atoms with Gasteiger partial charge in [0.25, 0.3) is 5.91 Å². The fourth-order valence-electron chi connectivity index (χ4n) is 0.748. The average Bonchev–Trinajstić information content (AvgIpc) is 2.56. The van der Waals surface area contributed by atoms with Gasteiger partial charge in [0, 0.05) is 11.8 Å². The van der Waals surface area contributed by atoms with Crippen LogP contribution in [0, 0.1) is 0 Å².